The summed E-state index contributed by atoms with van der Waals surface area (Å²) in [6, 6.07) is 4.54. The summed E-state index contributed by atoms with van der Waals surface area (Å²) in [6.45, 7) is 3.51. The van der Waals surface area contributed by atoms with E-state index in [1.165, 1.54) is 4.31 Å². The molecule has 0 fully saturated rings. The first kappa shape index (κ1) is 23.1. The van der Waals surface area contributed by atoms with Crippen molar-refractivity contribution < 1.29 is 31.2 Å². The molecule has 1 aromatic rings. The zero-order valence-corrected chi connectivity index (χ0v) is 16.2. The number of hydrogen-bond donors (Lipinski definition) is 0. The van der Waals surface area contributed by atoms with Crippen LogP contribution < -0.4 is 0 Å². The third-order valence-electron chi connectivity index (χ3n) is 3.65. The van der Waals surface area contributed by atoms with Crippen LogP contribution in [0.3, 0.4) is 0 Å². The molecule has 10 heteroatoms. The number of halogens is 3. The van der Waals surface area contributed by atoms with Gasteiger partial charge >= 0.3 is 6.18 Å². The van der Waals surface area contributed by atoms with Crippen LogP contribution in [0.2, 0.25) is 0 Å². The predicted molar refractivity (Wildman–Crippen MR) is 93.6 cm³/mol. The molecule has 6 nitrogen and oxygen atoms in total. The average Bonchev–Trinajstić information content (AvgIpc) is 2.58. The van der Waals surface area contributed by atoms with E-state index in [2.05, 4.69) is 0 Å². The molecule has 152 valence electrons. The van der Waals surface area contributed by atoms with Gasteiger partial charge in [-0.2, -0.15) is 17.5 Å². The van der Waals surface area contributed by atoms with Crippen molar-refractivity contribution in [2.45, 2.75) is 44.7 Å². The number of benzene rings is 1. The number of amides is 2. The minimum Gasteiger partial charge on any atom is -0.275 e. The first-order valence-electron chi connectivity index (χ1n) is 8.43. The lowest BCUT2D eigenvalue weighted by molar-refractivity contribution is -0.154. The molecule has 1 aromatic carbocycles. The van der Waals surface area contributed by atoms with Crippen molar-refractivity contribution in [1.82, 2.24) is 9.21 Å². The molecule has 0 spiro atoms. The molecule has 0 aliphatic carbocycles. The highest BCUT2D eigenvalue weighted by molar-refractivity contribution is 7.89. The Hall–Kier alpha value is -1.94. The van der Waals surface area contributed by atoms with E-state index >= 15 is 0 Å². The Morgan fingerprint density at radius 2 is 1.48 bits per heavy atom. The summed E-state index contributed by atoms with van der Waals surface area (Å²) >= 11 is 0. The van der Waals surface area contributed by atoms with E-state index in [0.29, 0.717) is 25.9 Å². The maximum absolute atomic E-state index is 12.7. The number of alkyl halides is 3. The summed E-state index contributed by atoms with van der Waals surface area (Å²) in [4.78, 5) is 23.6. The summed E-state index contributed by atoms with van der Waals surface area (Å²) in [5.41, 5.74) is -0.203. The predicted octanol–water partition coefficient (Wildman–Crippen LogP) is 3.05. The quantitative estimate of drug-likeness (QED) is 0.663. The van der Waals surface area contributed by atoms with Crippen LogP contribution in [0.5, 0.6) is 0 Å². The molecule has 0 bridgehead atoms. The monoisotopic (exact) mass is 408 g/mol. The van der Waals surface area contributed by atoms with Crippen LogP contribution >= 0.6 is 0 Å². The van der Waals surface area contributed by atoms with Crippen LogP contribution in [0.25, 0.3) is 0 Å². The Morgan fingerprint density at radius 1 is 1.00 bits per heavy atom. The second-order valence-electron chi connectivity index (χ2n) is 5.95. The molecular weight excluding hydrogens is 385 g/mol. The van der Waals surface area contributed by atoms with Crippen molar-refractivity contribution in [3.8, 4) is 0 Å². The van der Waals surface area contributed by atoms with Gasteiger partial charge in [0, 0.05) is 25.6 Å². The molecule has 0 unspecified atom stereocenters. The van der Waals surface area contributed by atoms with E-state index < -0.39 is 34.6 Å². The lowest BCUT2D eigenvalue weighted by Gasteiger charge is -2.22. The summed E-state index contributed by atoms with van der Waals surface area (Å²) in [6.07, 6.45) is -3.48. The van der Waals surface area contributed by atoms with Gasteiger partial charge in [-0.25, -0.2) is 8.42 Å². The summed E-state index contributed by atoms with van der Waals surface area (Å²) < 4.78 is 64.3. The molecule has 27 heavy (non-hydrogen) atoms. The fourth-order valence-electron chi connectivity index (χ4n) is 2.43. The van der Waals surface area contributed by atoms with Crippen LogP contribution in [-0.2, 0) is 14.8 Å². The highest BCUT2D eigenvalue weighted by atomic mass is 32.2. The van der Waals surface area contributed by atoms with Gasteiger partial charge in [-0.15, -0.1) is 0 Å². The van der Waals surface area contributed by atoms with Gasteiger partial charge in [0.05, 0.1) is 4.90 Å². The summed E-state index contributed by atoms with van der Waals surface area (Å²) in [7, 11) is -3.77. The molecule has 0 atom stereocenters. The van der Waals surface area contributed by atoms with Crippen molar-refractivity contribution in [2.24, 2.45) is 0 Å². The molecule has 0 saturated carbocycles. The van der Waals surface area contributed by atoms with Crippen LogP contribution in [-0.4, -0.2) is 55.2 Å². The standard InChI is InChI=1S/C17H23F3N2O4S/c1-4-10-21(11-5-2)27(25,26)15-8-6-14(7-9-15)16(24)22(13(3)23)12-17(18,19)20/h6-9H,4-5,10-12H2,1-3H3. The minimum atomic E-state index is -4.73. The van der Waals surface area contributed by atoms with Crippen molar-refractivity contribution in [1.29, 1.82) is 0 Å². The molecule has 0 aliphatic heterocycles. The fourth-order valence-corrected chi connectivity index (χ4v) is 4.05. The molecule has 0 heterocycles. The maximum atomic E-state index is 12.7. The minimum absolute atomic E-state index is 0.0638. The second-order valence-corrected chi connectivity index (χ2v) is 7.89. The van der Waals surface area contributed by atoms with Gasteiger partial charge in [-0.1, -0.05) is 13.8 Å². The van der Waals surface area contributed by atoms with Crippen molar-refractivity contribution in [3.63, 3.8) is 0 Å². The molecular formula is C17H23F3N2O4S. The smallest absolute Gasteiger partial charge is 0.275 e. The Bertz CT molecular complexity index is 755. The number of imide groups is 1. The van der Waals surface area contributed by atoms with E-state index in [0.717, 1.165) is 31.2 Å². The van der Waals surface area contributed by atoms with Crippen LogP contribution in [0, 0.1) is 0 Å². The molecule has 1 rings (SSSR count). The van der Waals surface area contributed by atoms with Gasteiger partial charge in [0.1, 0.15) is 6.54 Å². The summed E-state index contributed by atoms with van der Waals surface area (Å²) in [5.74, 6) is -2.19. The van der Waals surface area contributed by atoms with Crippen LogP contribution in [0.4, 0.5) is 13.2 Å². The number of carbonyl (C=O) groups excluding carboxylic acids is 2. The average molecular weight is 408 g/mol. The first-order valence-corrected chi connectivity index (χ1v) is 9.87. The number of sulfonamides is 1. The zero-order chi connectivity index (χ0) is 20.8. The van der Waals surface area contributed by atoms with Gasteiger partial charge < -0.3 is 0 Å². The molecule has 0 radical (unpaired) electrons. The van der Waals surface area contributed by atoms with Crippen LogP contribution in [0.15, 0.2) is 29.2 Å². The zero-order valence-electron chi connectivity index (χ0n) is 15.4. The Balaban J connectivity index is 3.13. The number of nitrogens with zero attached hydrogens (tertiary/aromatic N) is 2. The lowest BCUT2D eigenvalue weighted by Crippen LogP contribution is -2.42. The highest BCUT2D eigenvalue weighted by Crippen LogP contribution is 2.21. The van der Waals surface area contributed by atoms with E-state index in [-0.39, 0.29) is 15.4 Å². The summed E-state index contributed by atoms with van der Waals surface area (Å²) in [5, 5.41) is 0. The van der Waals surface area contributed by atoms with Gasteiger partial charge in [-0.05, 0) is 37.1 Å². The Kier molecular flexibility index (Phi) is 7.97. The van der Waals surface area contributed by atoms with E-state index in [1.54, 1.807) is 0 Å². The van der Waals surface area contributed by atoms with Gasteiger partial charge in [-0.3, -0.25) is 14.5 Å². The highest BCUT2D eigenvalue weighted by Gasteiger charge is 2.35. The lowest BCUT2D eigenvalue weighted by atomic mass is 10.2. The SMILES string of the molecule is CCCN(CCC)S(=O)(=O)c1ccc(C(=O)N(CC(F)(F)F)C(C)=O)cc1. The van der Waals surface area contributed by atoms with E-state index in [4.69, 9.17) is 0 Å². The third kappa shape index (κ3) is 6.31. The number of carbonyl (C=O) groups is 2. The Labute approximate surface area is 157 Å². The molecule has 0 N–H and O–H groups in total. The topological polar surface area (TPSA) is 74.8 Å². The normalized spacial score (nSPS) is 12.3. The van der Waals surface area contributed by atoms with E-state index in [1.807, 2.05) is 13.8 Å². The second kappa shape index (κ2) is 9.32. The number of rotatable bonds is 8. The largest absolute Gasteiger partial charge is 0.406 e. The first-order chi connectivity index (χ1) is 12.4. The third-order valence-corrected chi connectivity index (χ3v) is 5.56. The van der Waals surface area contributed by atoms with E-state index in [9.17, 15) is 31.2 Å². The van der Waals surface area contributed by atoms with Gasteiger partial charge in [0.2, 0.25) is 15.9 Å². The Morgan fingerprint density at radius 3 is 1.85 bits per heavy atom. The van der Waals surface area contributed by atoms with Crippen molar-refractivity contribution >= 4 is 21.8 Å². The maximum Gasteiger partial charge on any atom is 0.406 e. The number of hydrogen-bond acceptors (Lipinski definition) is 4. The molecule has 0 aliphatic rings. The fraction of sp³-hybridized carbons (Fsp3) is 0.529. The van der Waals surface area contributed by atoms with Gasteiger partial charge in [0.15, 0.2) is 0 Å². The van der Waals surface area contributed by atoms with Crippen molar-refractivity contribution in [2.75, 3.05) is 19.6 Å². The molecule has 0 saturated heterocycles. The van der Waals surface area contributed by atoms with Crippen LogP contribution in [0.1, 0.15) is 44.0 Å². The van der Waals surface area contributed by atoms with Gasteiger partial charge in [0.25, 0.3) is 5.91 Å². The molecule has 0 aromatic heterocycles. The molecule has 2 amide bonds. The van der Waals surface area contributed by atoms with Crippen molar-refractivity contribution in [3.05, 3.63) is 29.8 Å².